The number of ether oxygens (including phenoxy) is 1. The van der Waals surface area contributed by atoms with Crippen LogP contribution in [0.1, 0.15) is 19.3 Å². The van der Waals surface area contributed by atoms with Crippen LogP contribution in [0.5, 0.6) is 5.75 Å². The van der Waals surface area contributed by atoms with E-state index in [1.54, 1.807) is 24.4 Å². The summed E-state index contributed by atoms with van der Waals surface area (Å²) >= 11 is 11.7. The van der Waals surface area contributed by atoms with Crippen molar-refractivity contribution in [1.82, 2.24) is 5.43 Å². The van der Waals surface area contributed by atoms with Gasteiger partial charge in [-0.15, -0.1) is 0 Å². The lowest BCUT2D eigenvalue weighted by atomic mass is 9.96. The first kappa shape index (κ1) is 15.9. The van der Waals surface area contributed by atoms with Crippen molar-refractivity contribution in [2.24, 2.45) is 11.0 Å². The fourth-order valence-corrected chi connectivity index (χ4v) is 2.40. The summed E-state index contributed by atoms with van der Waals surface area (Å²) in [5.74, 6) is 0.475. The predicted molar refractivity (Wildman–Crippen MR) is 85.1 cm³/mol. The molecule has 1 aliphatic carbocycles. The third-order valence-corrected chi connectivity index (χ3v) is 3.57. The van der Waals surface area contributed by atoms with Gasteiger partial charge in [0.15, 0.2) is 6.61 Å². The van der Waals surface area contributed by atoms with E-state index >= 15 is 0 Å². The number of allylic oxidation sites excluding steroid dienone is 2. The molecule has 1 aliphatic rings. The third kappa shape index (κ3) is 5.40. The number of amides is 1. The number of carbonyl (C=O) groups is 1. The fraction of sp³-hybridized carbons (Fsp3) is 0.333. The van der Waals surface area contributed by atoms with Gasteiger partial charge in [0.05, 0.1) is 5.02 Å². The molecule has 0 fully saturated rings. The summed E-state index contributed by atoms with van der Waals surface area (Å²) in [6.45, 7) is -0.150. The van der Waals surface area contributed by atoms with Gasteiger partial charge in [-0.05, 0) is 43.4 Å². The molecule has 1 N–H and O–H groups in total. The van der Waals surface area contributed by atoms with E-state index in [2.05, 4.69) is 22.7 Å². The number of nitrogens with zero attached hydrogens (tertiary/aromatic N) is 1. The summed E-state index contributed by atoms with van der Waals surface area (Å²) in [7, 11) is 0. The Labute approximate surface area is 133 Å². The molecular weight excluding hydrogens is 311 g/mol. The normalized spacial score (nSPS) is 17.9. The minimum absolute atomic E-state index is 0.150. The molecule has 1 atom stereocenters. The van der Waals surface area contributed by atoms with Gasteiger partial charge in [0.1, 0.15) is 5.75 Å². The number of hydrazone groups is 1. The Kier molecular flexibility index (Phi) is 6.08. The maximum absolute atomic E-state index is 11.6. The van der Waals surface area contributed by atoms with Crippen LogP contribution < -0.4 is 10.2 Å². The first-order chi connectivity index (χ1) is 10.1. The highest BCUT2D eigenvalue weighted by molar-refractivity contribution is 6.35. The van der Waals surface area contributed by atoms with E-state index < -0.39 is 0 Å². The maximum Gasteiger partial charge on any atom is 0.277 e. The average molecular weight is 327 g/mol. The molecule has 6 heteroatoms. The molecule has 0 unspecified atom stereocenters. The fourth-order valence-electron chi connectivity index (χ4n) is 1.93. The summed E-state index contributed by atoms with van der Waals surface area (Å²) in [6, 6.07) is 4.83. The second kappa shape index (κ2) is 8.05. The van der Waals surface area contributed by atoms with E-state index in [-0.39, 0.29) is 12.5 Å². The minimum atomic E-state index is -0.330. The van der Waals surface area contributed by atoms with E-state index in [0.29, 0.717) is 21.7 Å². The number of hydrogen-bond acceptors (Lipinski definition) is 3. The molecule has 1 amide bonds. The Hall–Kier alpha value is -1.52. The van der Waals surface area contributed by atoms with E-state index in [4.69, 9.17) is 27.9 Å². The largest absolute Gasteiger partial charge is 0.482 e. The molecule has 4 nitrogen and oxygen atoms in total. The van der Waals surface area contributed by atoms with Gasteiger partial charge in [-0.3, -0.25) is 4.79 Å². The van der Waals surface area contributed by atoms with Crippen LogP contribution in [0.4, 0.5) is 0 Å². The molecular formula is C15H16Cl2N2O2. The highest BCUT2D eigenvalue weighted by atomic mass is 35.5. The monoisotopic (exact) mass is 326 g/mol. The van der Waals surface area contributed by atoms with E-state index in [0.717, 1.165) is 19.3 Å². The van der Waals surface area contributed by atoms with Crippen molar-refractivity contribution in [3.8, 4) is 5.75 Å². The molecule has 0 spiro atoms. The van der Waals surface area contributed by atoms with E-state index in [1.807, 2.05) is 0 Å². The van der Waals surface area contributed by atoms with Crippen molar-refractivity contribution in [3.63, 3.8) is 0 Å². The molecule has 0 bridgehead atoms. The molecule has 0 heterocycles. The summed E-state index contributed by atoms with van der Waals surface area (Å²) < 4.78 is 5.31. The van der Waals surface area contributed by atoms with Gasteiger partial charge in [0, 0.05) is 11.2 Å². The smallest absolute Gasteiger partial charge is 0.277 e. The molecule has 0 aliphatic heterocycles. The van der Waals surface area contributed by atoms with Gasteiger partial charge in [0.2, 0.25) is 0 Å². The number of nitrogens with one attached hydrogen (secondary N) is 1. The summed E-state index contributed by atoms with van der Waals surface area (Å²) in [5.41, 5.74) is 2.44. The van der Waals surface area contributed by atoms with Crippen LogP contribution in [0.25, 0.3) is 0 Å². The zero-order chi connectivity index (χ0) is 15.1. The van der Waals surface area contributed by atoms with Crippen LogP contribution in [-0.4, -0.2) is 18.7 Å². The first-order valence-corrected chi connectivity index (χ1v) is 7.45. The van der Waals surface area contributed by atoms with Gasteiger partial charge in [0.25, 0.3) is 5.91 Å². The van der Waals surface area contributed by atoms with Crippen LogP contribution in [0.2, 0.25) is 10.0 Å². The number of rotatable bonds is 5. The van der Waals surface area contributed by atoms with Crippen molar-refractivity contribution < 1.29 is 9.53 Å². The summed E-state index contributed by atoms with van der Waals surface area (Å²) in [4.78, 5) is 11.6. The second-order valence-electron chi connectivity index (χ2n) is 4.72. The van der Waals surface area contributed by atoms with Crippen molar-refractivity contribution in [1.29, 1.82) is 0 Å². The SMILES string of the molecule is O=C(COc1ccc(Cl)cc1Cl)N/N=C\[C@H]1CC=CCC1. The van der Waals surface area contributed by atoms with Gasteiger partial charge in [-0.1, -0.05) is 35.4 Å². The van der Waals surface area contributed by atoms with Gasteiger partial charge < -0.3 is 4.74 Å². The molecule has 1 aromatic carbocycles. The van der Waals surface area contributed by atoms with Crippen molar-refractivity contribution >= 4 is 35.3 Å². The molecule has 0 radical (unpaired) electrons. The Morgan fingerprint density at radius 1 is 1.43 bits per heavy atom. The molecule has 0 aromatic heterocycles. The lowest BCUT2D eigenvalue weighted by molar-refractivity contribution is -0.123. The number of benzene rings is 1. The van der Waals surface area contributed by atoms with E-state index in [9.17, 15) is 4.79 Å². The molecule has 2 rings (SSSR count). The number of hydrogen-bond donors (Lipinski definition) is 1. The van der Waals surface area contributed by atoms with Crippen LogP contribution in [0.3, 0.4) is 0 Å². The standard InChI is InChI=1S/C15H16Cl2N2O2/c16-12-6-7-14(13(17)8-12)21-10-15(20)19-18-9-11-4-2-1-3-5-11/h1-2,6-9,11H,3-5,10H2,(H,19,20)/b18-9-/t11-/m0/s1. The molecule has 0 saturated heterocycles. The maximum atomic E-state index is 11.6. The third-order valence-electron chi connectivity index (χ3n) is 3.04. The quantitative estimate of drug-likeness (QED) is 0.508. The second-order valence-corrected chi connectivity index (χ2v) is 5.56. The van der Waals surface area contributed by atoms with Gasteiger partial charge in [-0.25, -0.2) is 5.43 Å². The average Bonchev–Trinajstić information content (AvgIpc) is 2.47. The van der Waals surface area contributed by atoms with Crippen LogP contribution in [-0.2, 0) is 4.79 Å². The Bertz CT molecular complexity index is 559. The minimum Gasteiger partial charge on any atom is -0.482 e. The summed E-state index contributed by atoms with van der Waals surface area (Å²) in [5, 5.41) is 4.84. The lowest BCUT2D eigenvalue weighted by Crippen LogP contribution is -2.25. The van der Waals surface area contributed by atoms with Crippen LogP contribution in [0.15, 0.2) is 35.5 Å². The molecule has 1 aromatic rings. The number of carbonyl (C=O) groups excluding carboxylic acids is 1. The Morgan fingerprint density at radius 3 is 3.00 bits per heavy atom. The van der Waals surface area contributed by atoms with Crippen molar-refractivity contribution in [3.05, 3.63) is 40.4 Å². The molecule has 21 heavy (non-hydrogen) atoms. The van der Waals surface area contributed by atoms with E-state index in [1.165, 1.54) is 0 Å². The highest BCUT2D eigenvalue weighted by Gasteiger charge is 2.08. The topological polar surface area (TPSA) is 50.7 Å². The molecule has 112 valence electrons. The van der Waals surface area contributed by atoms with Crippen molar-refractivity contribution in [2.75, 3.05) is 6.61 Å². The number of halogens is 2. The molecule has 0 saturated carbocycles. The highest BCUT2D eigenvalue weighted by Crippen LogP contribution is 2.27. The van der Waals surface area contributed by atoms with Crippen LogP contribution in [0, 0.1) is 5.92 Å². The van der Waals surface area contributed by atoms with Crippen LogP contribution >= 0.6 is 23.2 Å². The zero-order valence-corrected chi connectivity index (χ0v) is 12.9. The first-order valence-electron chi connectivity index (χ1n) is 6.70. The van der Waals surface area contributed by atoms with Gasteiger partial charge in [-0.2, -0.15) is 5.10 Å². The Morgan fingerprint density at radius 2 is 2.29 bits per heavy atom. The zero-order valence-electron chi connectivity index (χ0n) is 11.4. The lowest BCUT2D eigenvalue weighted by Gasteiger charge is -2.11. The predicted octanol–water partition coefficient (Wildman–Crippen LogP) is 3.83. The Balaban J connectivity index is 1.74. The summed E-state index contributed by atoms with van der Waals surface area (Å²) in [6.07, 6.45) is 9.16. The van der Waals surface area contributed by atoms with Crippen molar-refractivity contribution in [2.45, 2.75) is 19.3 Å². The van der Waals surface area contributed by atoms with Gasteiger partial charge >= 0.3 is 0 Å².